The van der Waals surface area contributed by atoms with E-state index in [4.69, 9.17) is 19.3 Å². The molecule has 2 aliphatic rings. The van der Waals surface area contributed by atoms with Crippen LogP contribution in [0.4, 0.5) is 0 Å². The Kier molecular flexibility index (Phi) is 6.70. The summed E-state index contributed by atoms with van der Waals surface area (Å²) >= 11 is 0. The summed E-state index contributed by atoms with van der Waals surface area (Å²) in [4.78, 5) is 0. The molecule has 0 aliphatic carbocycles. The molecule has 2 heterocycles. The summed E-state index contributed by atoms with van der Waals surface area (Å²) in [6.45, 7) is 2.97. The lowest BCUT2D eigenvalue weighted by Gasteiger charge is -2.38. The van der Waals surface area contributed by atoms with Crippen molar-refractivity contribution in [3.05, 3.63) is 89.5 Å². The van der Waals surface area contributed by atoms with E-state index < -0.39 is 0 Å². The summed E-state index contributed by atoms with van der Waals surface area (Å²) in [7, 11) is 1.69. The van der Waals surface area contributed by atoms with Crippen LogP contribution in [0.2, 0.25) is 0 Å². The number of hydrogen-bond acceptors (Lipinski definition) is 5. The predicted molar refractivity (Wildman–Crippen MR) is 135 cm³/mol. The number of hydrazone groups is 1. The first-order valence-corrected chi connectivity index (χ1v) is 12.3. The molecular weight excluding hydrogens is 424 g/mol. The zero-order chi connectivity index (χ0) is 23.3. The Morgan fingerprint density at radius 1 is 0.941 bits per heavy atom. The highest BCUT2D eigenvalue weighted by atomic mass is 16.5. The molecule has 3 aromatic rings. The number of para-hydroxylation sites is 1. The number of rotatable bonds is 9. The van der Waals surface area contributed by atoms with Crippen LogP contribution in [0, 0.1) is 0 Å². The van der Waals surface area contributed by atoms with Crippen molar-refractivity contribution in [2.75, 3.05) is 13.7 Å². The van der Waals surface area contributed by atoms with Crippen molar-refractivity contribution in [1.82, 2.24) is 5.01 Å². The van der Waals surface area contributed by atoms with Gasteiger partial charge >= 0.3 is 0 Å². The van der Waals surface area contributed by atoms with Crippen LogP contribution in [-0.2, 0) is 0 Å². The van der Waals surface area contributed by atoms with Gasteiger partial charge in [0.15, 0.2) is 11.5 Å². The summed E-state index contributed by atoms with van der Waals surface area (Å²) in [5.74, 6) is 2.44. The van der Waals surface area contributed by atoms with Gasteiger partial charge in [-0.25, -0.2) is 5.01 Å². The van der Waals surface area contributed by atoms with Gasteiger partial charge in [-0.2, -0.15) is 5.10 Å². The summed E-state index contributed by atoms with van der Waals surface area (Å²) in [6.07, 6.45) is 5.27. The van der Waals surface area contributed by atoms with E-state index in [2.05, 4.69) is 54.4 Å². The van der Waals surface area contributed by atoms with Crippen molar-refractivity contribution >= 4 is 5.71 Å². The van der Waals surface area contributed by atoms with Crippen molar-refractivity contribution < 1.29 is 14.2 Å². The van der Waals surface area contributed by atoms with E-state index in [-0.39, 0.29) is 12.3 Å². The second-order valence-corrected chi connectivity index (χ2v) is 8.84. The number of nitrogens with zero attached hydrogens (tertiary/aromatic N) is 2. The number of ether oxygens (including phenoxy) is 3. The Morgan fingerprint density at radius 2 is 1.76 bits per heavy atom. The van der Waals surface area contributed by atoms with Crippen LogP contribution in [0.5, 0.6) is 17.2 Å². The third-order valence-electron chi connectivity index (χ3n) is 6.54. The maximum Gasteiger partial charge on any atom is 0.214 e. The van der Waals surface area contributed by atoms with Gasteiger partial charge in [0.1, 0.15) is 5.75 Å². The van der Waals surface area contributed by atoms with Crippen molar-refractivity contribution in [3.8, 4) is 17.2 Å². The minimum absolute atomic E-state index is 0.0912. The van der Waals surface area contributed by atoms with Gasteiger partial charge in [0.2, 0.25) is 6.23 Å². The van der Waals surface area contributed by atoms with Crippen LogP contribution in [0.1, 0.15) is 68.0 Å². The Bertz CT molecular complexity index is 1130. The molecule has 0 spiro atoms. The average molecular weight is 457 g/mol. The molecule has 0 bridgehead atoms. The zero-order valence-electron chi connectivity index (χ0n) is 19.9. The van der Waals surface area contributed by atoms with Crippen molar-refractivity contribution in [1.29, 1.82) is 0 Å². The molecule has 176 valence electrons. The normalized spacial score (nSPS) is 18.5. The van der Waals surface area contributed by atoms with Gasteiger partial charge in [0, 0.05) is 17.5 Å². The van der Waals surface area contributed by atoms with Gasteiger partial charge in [-0.3, -0.25) is 0 Å². The lowest BCUT2D eigenvalue weighted by atomic mass is 9.95. The first-order chi connectivity index (χ1) is 16.8. The maximum absolute atomic E-state index is 6.56. The Labute approximate surface area is 202 Å². The predicted octanol–water partition coefficient (Wildman–Crippen LogP) is 6.90. The Balaban J connectivity index is 1.42. The fourth-order valence-electron chi connectivity index (χ4n) is 4.72. The highest BCUT2D eigenvalue weighted by molar-refractivity contribution is 6.01. The average Bonchev–Trinajstić information content (AvgIpc) is 3.35. The van der Waals surface area contributed by atoms with E-state index in [0.717, 1.165) is 59.1 Å². The summed E-state index contributed by atoms with van der Waals surface area (Å²) < 4.78 is 18.2. The molecule has 0 saturated heterocycles. The van der Waals surface area contributed by atoms with Gasteiger partial charge in [0.05, 0.1) is 25.5 Å². The molecule has 5 nitrogen and oxygen atoms in total. The van der Waals surface area contributed by atoms with E-state index in [0.29, 0.717) is 0 Å². The van der Waals surface area contributed by atoms with Gasteiger partial charge in [-0.1, -0.05) is 68.7 Å². The molecule has 2 atom stereocenters. The molecule has 0 amide bonds. The number of unbranched alkanes of at least 4 members (excludes halogenated alkanes) is 3. The summed E-state index contributed by atoms with van der Waals surface area (Å²) in [6, 6.07) is 24.8. The third-order valence-corrected chi connectivity index (χ3v) is 6.54. The molecule has 0 aromatic heterocycles. The lowest BCUT2D eigenvalue weighted by molar-refractivity contribution is -0.0209. The van der Waals surface area contributed by atoms with E-state index in [9.17, 15) is 0 Å². The third kappa shape index (κ3) is 4.47. The number of methoxy groups -OCH3 is 1. The molecule has 0 unspecified atom stereocenters. The van der Waals surface area contributed by atoms with Gasteiger partial charge in [-0.05, 0) is 42.3 Å². The molecule has 0 saturated carbocycles. The van der Waals surface area contributed by atoms with Crippen molar-refractivity contribution in [2.24, 2.45) is 5.10 Å². The van der Waals surface area contributed by atoms with Crippen LogP contribution >= 0.6 is 0 Å². The molecule has 0 radical (unpaired) electrons. The molecule has 0 fully saturated rings. The van der Waals surface area contributed by atoms with E-state index in [1.165, 1.54) is 19.3 Å². The van der Waals surface area contributed by atoms with Gasteiger partial charge < -0.3 is 14.2 Å². The topological polar surface area (TPSA) is 43.3 Å². The Hall–Kier alpha value is -3.47. The number of fused-ring (bicyclic) bond motifs is 3. The first kappa shape index (κ1) is 22.3. The Morgan fingerprint density at radius 3 is 2.53 bits per heavy atom. The monoisotopic (exact) mass is 456 g/mol. The molecule has 5 rings (SSSR count). The van der Waals surface area contributed by atoms with Crippen LogP contribution in [-0.4, -0.2) is 24.4 Å². The highest BCUT2D eigenvalue weighted by Crippen LogP contribution is 2.50. The molecule has 2 aliphatic heterocycles. The fraction of sp³-hybridized carbons (Fsp3) is 0.345. The van der Waals surface area contributed by atoms with Gasteiger partial charge in [-0.15, -0.1) is 0 Å². The first-order valence-electron chi connectivity index (χ1n) is 12.3. The largest absolute Gasteiger partial charge is 0.494 e. The lowest BCUT2D eigenvalue weighted by Crippen LogP contribution is -2.33. The van der Waals surface area contributed by atoms with Crippen LogP contribution in [0.25, 0.3) is 0 Å². The number of hydrogen-bond donors (Lipinski definition) is 0. The zero-order valence-corrected chi connectivity index (χ0v) is 19.9. The fourth-order valence-corrected chi connectivity index (χ4v) is 4.72. The SMILES string of the molecule is CCCCCCOc1ccc([C@@H]2Oc3c(OC)cccc3[C@@H]3CC(c4ccccc4)=NN32)cc1. The van der Waals surface area contributed by atoms with E-state index in [1.54, 1.807) is 7.11 Å². The highest BCUT2D eigenvalue weighted by Gasteiger charge is 2.42. The maximum atomic E-state index is 6.56. The van der Waals surface area contributed by atoms with Crippen LogP contribution < -0.4 is 14.2 Å². The molecule has 0 N–H and O–H groups in total. The minimum atomic E-state index is -0.339. The standard InChI is InChI=1S/C29H32N2O3/c1-3-4-5-9-19-33-23-17-15-22(16-18-23)29-31-26(20-25(30-31)21-11-7-6-8-12-21)24-13-10-14-27(32-2)28(24)34-29/h6-8,10-18,26,29H,3-5,9,19-20H2,1-2H3/t26-,29-/m0/s1. The van der Waals surface area contributed by atoms with Crippen molar-refractivity contribution in [2.45, 2.75) is 51.3 Å². The van der Waals surface area contributed by atoms with E-state index >= 15 is 0 Å². The van der Waals surface area contributed by atoms with Crippen LogP contribution in [0.15, 0.2) is 77.9 Å². The van der Waals surface area contributed by atoms with Gasteiger partial charge in [0.25, 0.3) is 0 Å². The number of benzene rings is 3. The molecule has 34 heavy (non-hydrogen) atoms. The molecule has 5 heteroatoms. The minimum Gasteiger partial charge on any atom is -0.494 e. The smallest absolute Gasteiger partial charge is 0.214 e. The second-order valence-electron chi connectivity index (χ2n) is 8.84. The van der Waals surface area contributed by atoms with Crippen molar-refractivity contribution in [3.63, 3.8) is 0 Å². The molecule has 3 aromatic carbocycles. The van der Waals surface area contributed by atoms with Crippen LogP contribution in [0.3, 0.4) is 0 Å². The summed E-state index contributed by atoms with van der Waals surface area (Å²) in [5.41, 5.74) is 4.36. The second kappa shape index (κ2) is 10.2. The summed E-state index contributed by atoms with van der Waals surface area (Å²) in [5, 5.41) is 7.15. The molecular formula is C29H32N2O3. The quantitative estimate of drug-likeness (QED) is 0.329. The van der Waals surface area contributed by atoms with E-state index in [1.807, 2.05) is 30.3 Å².